The van der Waals surface area contributed by atoms with Gasteiger partial charge in [0.25, 0.3) is 0 Å². The number of aromatic nitrogens is 2. The summed E-state index contributed by atoms with van der Waals surface area (Å²) in [7, 11) is 1.98. The van der Waals surface area contributed by atoms with Crippen molar-refractivity contribution in [1.82, 2.24) is 15.3 Å². The molecule has 1 aliphatic heterocycles. The van der Waals surface area contributed by atoms with E-state index in [1.54, 1.807) is 0 Å². The second-order valence-corrected chi connectivity index (χ2v) is 5.53. The first kappa shape index (κ1) is 14.0. The lowest BCUT2D eigenvalue weighted by Crippen LogP contribution is -2.23. The quantitative estimate of drug-likeness (QED) is 0.937. The predicted molar refractivity (Wildman–Crippen MR) is 82.5 cm³/mol. The van der Waals surface area contributed by atoms with Gasteiger partial charge in [0.1, 0.15) is 5.75 Å². The molecule has 0 saturated heterocycles. The largest absolute Gasteiger partial charge is 0.493 e. The van der Waals surface area contributed by atoms with Crippen molar-refractivity contribution in [2.75, 3.05) is 13.7 Å². The van der Waals surface area contributed by atoms with Gasteiger partial charge in [0, 0.05) is 6.20 Å². The Morgan fingerprint density at radius 3 is 2.90 bits per heavy atom. The molecule has 2 unspecified atom stereocenters. The lowest BCUT2D eigenvalue weighted by molar-refractivity contribution is 0.256. The standard InChI is InChI=1S/C17H21N3O/c1-12-10-20-16(11-19-12)15(18-2)9-13-7-8-21-17-6-4-3-5-14(13)17/h3-6,10-11,13,15,18H,7-9H2,1-2H3. The molecular formula is C17H21N3O. The molecular weight excluding hydrogens is 262 g/mol. The molecule has 3 rings (SSSR count). The van der Waals surface area contributed by atoms with E-state index >= 15 is 0 Å². The maximum Gasteiger partial charge on any atom is 0.122 e. The van der Waals surface area contributed by atoms with Gasteiger partial charge in [-0.2, -0.15) is 0 Å². The monoisotopic (exact) mass is 283 g/mol. The van der Waals surface area contributed by atoms with E-state index in [-0.39, 0.29) is 6.04 Å². The van der Waals surface area contributed by atoms with Crippen LogP contribution in [0.2, 0.25) is 0 Å². The lowest BCUT2D eigenvalue weighted by Gasteiger charge is -2.28. The van der Waals surface area contributed by atoms with Crippen molar-refractivity contribution in [3.8, 4) is 5.75 Å². The molecule has 0 spiro atoms. The molecule has 110 valence electrons. The maximum atomic E-state index is 5.74. The molecule has 0 fully saturated rings. The first-order chi connectivity index (χ1) is 10.3. The Hall–Kier alpha value is -1.94. The average molecular weight is 283 g/mol. The van der Waals surface area contributed by atoms with E-state index in [0.29, 0.717) is 5.92 Å². The summed E-state index contributed by atoms with van der Waals surface area (Å²) in [6.45, 7) is 2.75. The summed E-state index contributed by atoms with van der Waals surface area (Å²) in [6, 6.07) is 8.56. The van der Waals surface area contributed by atoms with Gasteiger partial charge in [-0.25, -0.2) is 0 Å². The predicted octanol–water partition coefficient (Wildman–Crippen LogP) is 3.00. The molecule has 4 heteroatoms. The molecule has 2 aromatic rings. The Bertz CT molecular complexity index is 597. The topological polar surface area (TPSA) is 47.0 Å². The number of para-hydroxylation sites is 1. The summed E-state index contributed by atoms with van der Waals surface area (Å²) in [5.74, 6) is 1.52. The van der Waals surface area contributed by atoms with Gasteiger partial charge in [0.15, 0.2) is 0 Å². The molecule has 1 aromatic heterocycles. The van der Waals surface area contributed by atoms with E-state index in [1.165, 1.54) is 5.56 Å². The molecule has 0 bridgehead atoms. The van der Waals surface area contributed by atoms with Crippen molar-refractivity contribution in [1.29, 1.82) is 0 Å². The molecule has 2 heterocycles. The zero-order valence-electron chi connectivity index (χ0n) is 12.5. The molecule has 0 radical (unpaired) electrons. The van der Waals surface area contributed by atoms with Crippen molar-refractivity contribution in [3.63, 3.8) is 0 Å². The fraction of sp³-hybridized carbons (Fsp3) is 0.412. The summed E-state index contributed by atoms with van der Waals surface area (Å²) in [4.78, 5) is 8.87. The maximum absolute atomic E-state index is 5.74. The minimum atomic E-state index is 0.217. The van der Waals surface area contributed by atoms with Gasteiger partial charge in [-0.15, -0.1) is 0 Å². The van der Waals surface area contributed by atoms with E-state index in [2.05, 4.69) is 33.5 Å². The van der Waals surface area contributed by atoms with Crippen molar-refractivity contribution in [2.45, 2.75) is 31.7 Å². The number of hydrogen-bond donors (Lipinski definition) is 1. The van der Waals surface area contributed by atoms with Crippen LogP contribution in [0.5, 0.6) is 5.75 Å². The van der Waals surface area contributed by atoms with Crippen LogP contribution in [0.25, 0.3) is 0 Å². The zero-order valence-corrected chi connectivity index (χ0v) is 12.5. The molecule has 1 aliphatic rings. The van der Waals surface area contributed by atoms with Crippen LogP contribution < -0.4 is 10.1 Å². The van der Waals surface area contributed by atoms with Crippen molar-refractivity contribution in [2.24, 2.45) is 0 Å². The smallest absolute Gasteiger partial charge is 0.122 e. The Kier molecular flexibility index (Phi) is 4.15. The van der Waals surface area contributed by atoms with Gasteiger partial charge in [-0.05, 0) is 44.4 Å². The van der Waals surface area contributed by atoms with Gasteiger partial charge < -0.3 is 10.1 Å². The number of aryl methyl sites for hydroxylation is 1. The van der Waals surface area contributed by atoms with Gasteiger partial charge in [-0.1, -0.05) is 18.2 Å². The van der Waals surface area contributed by atoms with Crippen LogP contribution in [0.4, 0.5) is 0 Å². The number of rotatable bonds is 4. The minimum absolute atomic E-state index is 0.217. The van der Waals surface area contributed by atoms with Crippen LogP contribution in [0.1, 0.15) is 41.8 Å². The Labute approximate surface area is 125 Å². The molecule has 1 N–H and O–H groups in total. The first-order valence-corrected chi connectivity index (χ1v) is 7.45. The van der Waals surface area contributed by atoms with E-state index in [0.717, 1.165) is 36.6 Å². The zero-order chi connectivity index (χ0) is 14.7. The second kappa shape index (κ2) is 6.22. The van der Waals surface area contributed by atoms with E-state index < -0.39 is 0 Å². The summed E-state index contributed by atoms with van der Waals surface area (Å²) in [5.41, 5.74) is 3.26. The fourth-order valence-corrected chi connectivity index (χ4v) is 2.91. The molecule has 2 atom stereocenters. The van der Waals surface area contributed by atoms with Crippen molar-refractivity contribution < 1.29 is 4.74 Å². The molecule has 1 aromatic carbocycles. The highest BCUT2D eigenvalue weighted by molar-refractivity contribution is 5.38. The number of nitrogens with zero attached hydrogens (tertiary/aromatic N) is 2. The highest BCUT2D eigenvalue weighted by Gasteiger charge is 2.25. The second-order valence-electron chi connectivity index (χ2n) is 5.53. The third-order valence-electron chi connectivity index (χ3n) is 4.11. The van der Waals surface area contributed by atoms with Gasteiger partial charge in [0.05, 0.1) is 30.2 Å². The molecule has 0 amide bonds. The van der Waals surface area contributed by atoms with Crippen molar-refractivity contribution >= 4 is 0 Å². The van der Waals surface area contributed by atoms with E-state index in [4.69, 9.17) is 4.74 Å². The summed E-state index contributed by atoms with van der Waals surface area (Å²) in [6.07, 6.45) is 5.77. The number of fused-ring (bicyclic) bond motifs is 1. The summed E-state index contributed by atoms with van der Waals surface area (Å²) in [5, 5.41) is 3.37. The van der Waals surface area contributed by atoms with Crippen LogP contribution >= 0.6 is 0 Å². The Morgan fingerprint density at radius 2 is 2.14 bits per heavy atom. The number of ether oxygens (including phenoxy) is 1. The summed E-state index contributed by atoms with van der Waals surface area (Å²) < 4.78 is 5.74. The Balaban J connectivity index is 1.80. The molecule has 0 aliphatic carbocycles. The van der Waals surface area contributed by atoms with Crippen LogP contribution in [-0.4, -0.2) is 23.6 Å². The third-order valence-corrected chi connectivity index (χ3v) is 4.11. The van der Waals surface area contributed by atoms with Gasteiger partial charge >= 0.3 is 0 Å². The average Bonchev–Trinajstić information content (AvgIpc) is 2.54. The van der Waals surface area contributed by atoms with Crippen LogP contribution in [-0.2, 0) is 0 Å². The third kappa shape index (κ3) is 3.05. The molecule has 4 nitrogen and oxygen atoms in total. The van der Waals surface area contributed by atoms with Crippen LogP contribution in [0, 0.1) is 6.92 Å². The van der Waals surface area contributed by atoms with Crippen LogP contribution in [0.3, 0.4) is 0 Å². The van der Waals surface area contributed by atoms with E-state index in [1.807, 2.05) is 32.4 Å². The highest BCUT2D eigenvalue weighted by atomic mass is 16.5. The van der Waals surface area contributed by atoms with Crippen LogP contribution in [0.15, 0.2) is 36.7 Å². The number of hydrogen-bond acceptors (Lipinski definition) is 4. The fourth-order valence-electron chi connectivity index (χ4n) is 2.91. The van der Waals surface area contributed by atoms with E-state index in [9.17, 15) is 0 Å². The SMILES string of the molecule is CNC(CC1CCOc2ccccc21)c1cnc(C)cn1. The van der Waals surface area contributed by atoms with Gasteiger partial charge in [-0.3, -0.25) is 9.97 Å². The highest BCUT2D eigenvalue weighted by Crippen LogP contribution is 2.38. The lowest BCUT2D eigenvalue weighted by atomic mass is 9.87. The van der Waals surface area contributed by atoms with Gasteiger partial charge in [0.2, 0.25) is 0 Å². The normalized spacial score (nSPS) is 18.7. The first-order valence-electron chi connectivity index (χ1n) is 7.45. The summed E-state index contributed by atoms with van der Waals surface area (Å²) >= 11 is 0. The number of nitrogens with one attached hydrogen (secondary N) is 1. The Morgan fingerprint density at radius 1 is 1.29 bits per heavy atom. The minimum Gasteiger partial charge on any atom is -0.493 e. The molecule has 0 saturated carbocycles. The number of benzene rings is 1. The van der Waals surface area contributed by atoms with Crippen molar-refractivity contribution in [3.05, 3.63) is 53.6 Å². The molecule has 21 heavy (non-hydrogen) atoms.